The van der Waals surface area contributed by atoms with Crippen LogP contribution in [0.2, 0.25) is 0 Å². The zero-order valence-corrected chi connectivity index (χ0v) is 10.9. The van der Waals surface area contributed by atoms with E-state index >= 15 is 0 Å². The van der Waals surface area contributed by atoms with Crippen LogP contribution in [0.25, 0.3) is 0 Å². The number of carbonyl (C=O) groups is 2. The molecule has 2 heterocycles. The molecule has 0 saturated carbocycles. The molecular formula is C13H23N3O2. The Bertz CT molecular complexity index is 311. The van der Waals surface area contributed by atoms with Gasteiger partial charge in [0.1, 0.15) is 6.04 Å². The Morgan fingerprint density at radius 1 is 0.889 bits per heavy atom. The summed E-state index contributed by atoms with van der Waals surface area (Å²) in [5.74, 6) is 0.105. The molecule has 2 aliphatic heterocycles. The summed E-state index contributed by atoms with van der Waals surface area (Å²) in [5, 5.41) is 0. The Labute approximate surface area is 108 Å². The van der Waals surface area contributed by atoms with Crippen LogP contribution in [0.15, 0.2) is 0 Å². The van der Waals surface area contributed by atoms with Gasteiger partial charge < -0.3 is 15.5 Å². The molecule has 3 amide bonds. The molecule has 0 radical (unpaired) electrons. The van der Waals surface area contributed by atoms with Crippen molar-refractivity contribution in [3.8, 4) is 0 Å². The number of nitrogens with two attached hydrogens (primary N) is 1. The Morgan fingerprint density at radius 2 is 1.50 bits per heavy atom. The number of amides is 3. The number of carbonyl (C=O) groups excluding carboxylic acids is 2. The summed E-state index contributed by atoms with van der Waals surface area (Å²) in [7, 11) is 0. The van der Waals surface area contributed by atoms with Gasteiger partial charge in [-0.3, -0.25) is 4.79 Å². The SMILES string of the molecule is NC(=O)N1CCC[C@H]1C(=O)N1CCCCCCC1. The van der Waals surface area contributed by atoms with Gasteiger partial charge in [0.25, 0.3) is 0 Å². The second-order valence-electron chi connectivity index (χ2n) is 5.28. The van der Waals surface area contributed by atoms with Crippen molar-refractivity contribution in [1.29, 1.82) is 0 Å². The maximum absolute atomic E-state index is 12.5. The molecule has 0 aromatic heterocycles. The minimum absolute atomic E-state index is 0.105. The lowest BCUT2D eigenvalue weighted by molar-refractivity contribution is -0.135. The minimum Gasteiger partial charge on any atom is -0.351 e. The molecule has 1 atom stereocenters. The third-order valence-corrected chi connectivity index (χ3v) is 3.99. The van der Waals surface area contributed by atoms with E-state index in [0.29, 0.717) is 6.54 Å². The number of hydrogen-bond acceptors (Lipinski definition) is 2. The van der Waals surface area contributed by atoms with Gasteiger partial charge in [-0.1, -0.05) is 19.3 Å². The summed E-state index contributed by atoms with van der Waals surface area (Å²) in [6.07, 6.45) is 7.48. The smallest absolute Gasteiger partial charge is 0.315 e. The Kier molecular flexibility index (Phi) is 4.44. The van der Waals surface area contributed by atoms with Crippen molar-refractivity contribution >= 4 is 11.9 Å². The number of rotatable bonds is 1. The second kappa shape index (κ2) is 6.07. The average Bonchev–Trinajstić information content (AvgIpc) is 2.76. The highest BCUT2D eigenvalue weighted by Gasteiger charge is 2.35. The number of hydrogen-bond donors (Lipinski definition) is 1. The van der Waals surface area contributed by atoms with E-state index in [4.69, 9.17) is 5.73 Å². The van der Waals surface area contributed by atoms with Crippen LogP contribution in [-0.2, 0) is 4.79 Å². The van der Waals surface area contributed by atoms with Gasteiger partial charge in [0.05, 0.1) is 0 Å². The first kappa shape index (κ1) is 13.2. The van der Waals surface area contributed by atoms with Gasteiger partial charge >= 0.3 is 6.03 Å². The standard InChI is InChI=1S/C13H23N3O2/c14-13(18)16-10-6-7-11(16)12(17)15-8-4-2-1-3-5-9-15/h11H,1-10H2,(H2,14,18)/t11-/m0/s1. The molecule has 2 aliphatic rings. The van der Waals surface area contributed by atoms with Crippen LogP contribution in [0.5, 0.6) is 0 Å². The molecule has 0 spiro atoms. The Balaban J connectivity index is 1.98. The van der Waals surface area contributed by atoms with E-state index < -0.39 is 6.03 Å². The third kappa shape index (κ3) is 2.94. The molecule has 0 aromatic carbocycles. The number of likely N-dealkylation sites (tertiary alicyclic amines) is 2. The quantitative estimate of drug-likeness (QED) is 0.766. The summed E-state index contributed by atoms with van der Waals surface area (Å²) in [4.78, 5) is 27.2. The second-order valence-corrected chi connectivity index (χ2v) is 5.28. The van der Waals surface area contributed by atoms with Gasteiger partial charge in [-0.2, -0.15) is 0 Å². The Morgan fingerprint density at radius 3 is 2.11 bits per heavy atom. The van der Waals surface area contributed by atoms with Crippen molar-refractivity contribution < 1.29 is 9.59 Å². The molecule has 2 fully saturated rings. The van der Waals surface area contributed by atoms with Crippen molar-refractivity contribution in [3.05, 3.63) is 0 Å². The summed E-state index contributed by atoms with van der Waals surface area (Å²) in [6, 6.07) is -0.764. The monoisotopic (exact) mass is 253 g/mol. The number of primary amides is 1. The van der Waals surface area contributed by atoms with Gasteiger partial charge in [-0.25, -0.2) is 4.79 Å². The average molecular weight is 253 g/mol. The lowest BCUT2D eigenvalue weighted by atomic mass is 10.1. The lowest BCUT2D eigenvalue weighted by Crippen LogP contribution is -2.50. The molecule has 18 heavy (non-hydrogen) atoms. The van der Waals surface area contributed by atoms with Crippen molar-refractivity contribution in [1.82, 2.24) is 9.80 Å². The zero-order chi connectivity index (χ0) is 13.0. The first-order valence-electron chi connectivity index (χ1n) is 7.05. The van der Waals surface area contributed by atoms with Crippen LogP contribution in [0.1, 0.15) is 44.9 Å². The summed E-state index contributed by atoms with van der Waals surface area (Å²) in [5.41, 5.74) is 5.33. The van der Waals surface area contributed by atoms with E-state index in [-0.39, 0.29) is 11.9 Å². The van der Waals surface area contributed by atoms with Crippen molar-refractivity contribution in [3.63, 3.8) is 0 Å². The first-order valence-corrected chi connectivity index (χ1v) is 7.05. The zero-order valence-electron chi connectivity index (χ0n) is 10.9. The molecule has 0 unspecified atom stereocenters. The van der Waals surface area contributed by atoms with Gasteiger partial charge in [-0.05, 0) is 25.7 Å². The van der Waals surface area contributed by atoms with Crippen LogP contribution in [0, 0.1) is 0 Å². The van der Waals surface area contributed by atoms with Crippen molar-refractivity contribution in [2.75, 3.05) is 19.6 Å². The maximum atomic E-state index is 12.5. The first-order chi connectivity index (χ1) is 8.70. The van der Waals surface area contributed by atoms with Gasteiger partial charge in [0.15, 0.2) is 0 Å². The van der Waals surface area contributed by atoms with E-state index in [1.165, 1.54) is 24.2 Å². The molecule has 5 nitrogen and oxygen atoms in total. The fraction of sp³-hybridized carbons (Fsp3) is 0.846. The molecule has 0 aromatic rings. The van der Waals surface area contributed by atoms with Gasteiger partial charge in [0, 0.05) is 19.6 Å². The topological polar surface area (TPSA) is 66.6 Å². The van der Waals surface area contributed by atoms with Crippen LogP contribution in [-0.4, -0.2) is 47.4 Å². The van der Waals surface area contributed by atoms with Gasteiger partial charge in [0.2, 0.25) is 5.91 Å². The molecule has 5 heteroatoms. The van der Waals surface area contributed by atoms with Crippen LogP contribution >= 0.6 is 0 Å². The molecule has 0 aliphatic carbocycles. The van der Waals surface area contributed by atoms with Crippen LogP contribution in [0.4, 0.5) is 4.79 Å². The number of urea groups is 1. The van der Waals surface area contributed by atoms with E-state index in [2.05, 4.69) is 0 Å². The van der Waals surface area contributed by atoms with Crippen molar-refractivity contribution in [2.45, 2.75) is 51.0 Å². The number of nitrogens with zero attached hydrogens (tertiary/aromatic N) is 2. The van der Waals surface area contributed by atoms with Crippen molar-refractivity contribution in [2.24, 2.45) is 5.73 Å². The normalized spacial score (nSPS) is 25.7. The highest BCUT2D eigenvalue weighted by atomic mass is 16.2. The predicted octanol–water partition coefficient (Wildman–Crippen LogP) is 1.32. The largest absolute Gasteiger partial charge is 0.351 e. The van der Waals surface area contributed by atoms with E-state index in [0.717, 1.165) is 38.8 Å². The van der Waals surface area contributed by atoms with Crippen LogP contribution in [0.3, 0.4) is 0 Å². The molecule has 2 N–H and O–H groups in total. The van der Waals surface area contributed by atoms with Gasteiger partial charge in [-0.15, -0.1) is 0 Å². The lowest BCUT2D eigenvalue weighted by Gasteiger charge is -2.30. The van der Waals surface area contributed by atoms with E-state index in [1.807, 2.05) is 4.90 Å². The highest BCUT2D eigenvalue weighted by molar-refractivity contribution is 5.87. The maximum Gasteiger partial charge on any atom is 0.315 e. The molecule has 2 rings (SSSR count). The predicted molar refractivity (Wildman–Crippen MR) is 69.0 cm³/mol. The fourth-order valence-corrected chi connectivity index (χ4v) is 2.97. The summed E-state index contributed by atoms with van der Waals surface area (Å²) >= 11 is 0. The Hall–Kier alpha value is -1.26. The molecule has 102 valence electrons. The van der Waals surface area contributed by atoms with E-state index in [1.54, 1.807) is 0 Å². The minimum atomic E-state index is -0.460. The van der Waals surface area contributed by atoms with Crippen LogP contribution < -0.4 is 5.73 Å². The molecule has 0 bridgehead atoms. The molecule has 2 saturated heterocycles. The molecular weight excluding hydrogens is 230 g/mol. The van der Waals surface area contributed by atoms with E-state index in [9.17, 15) is 9.59 Å². The third-order valence-electron chi connectivity index (χ3n) is 3.99. The highest BCUT2D eigenvalue weighted by Crippen LogP contribution is 2.20. The summed E-state index contributed by atoms with van der Waals surface area (Å²) in [6.45, 7) is 2.30. The summed E-state index contributed by atoms with van der Waals surface area (Å²) < 4.78 is 0. The fourth-order valence-electron chi connectivity index (χ4n) is 2.97.